The van der Waals surface area contributed by atoms with E-state index in [2.05, 4.69) is 0 Å². The van der Waals surface area contributed by atoms with Crippen molar-refractivity contribution in [3.05, 3.63) is 58.7 Å². The number of ketones is 1. The first-order chi connectivity index (χ1) is 9.43. The second-order valence-corrected chi connectivity index (χ2v) is 4.39. The Hall–Kier alpha value is -2.43. The van der Waals surface area contributed by atoms with Crippen molar-refractivity contribution in [2.75, 3.05) is 12.8 Å². The van der Waals surface area contributed by atoms with Crippen molar-refractivity contribution >= 4 is 11.5 Å². The summed E-state index contributed by atoms with van der Waals surface area (Å²) >= 11 is 0. The first-order valence-electron chi connectivity index (χ1n) is 5.88. The van der Waals surface area contributed by atoms with Gasteiger partial charge < -0.3 is 10.5 Å². The highest BCUT2D eigenvalue weighted by molar-refractivity contribution is 6.13. The molecule has 0 radical (unpaired) electrons. The van der Waals surface area contributed by atoms with Crippen LogP contribution in [0, 0.1) is 18.6 Å². The maximum Gasteiger partial charge on any atom is 0.198 e. The van der Waals surface area contributed by atoms with E-state index in [0.29, 0.717) is 5.75 Å². The quantitative estimate of drug-likeness (QED) is 0.693. The maximum absolute atomic E-state index is 13.3. The van der Waals surface area contributed by atoms with Gasteiger partial charge in [-0.05, 0) is 25.1 Å². The summed E-state index contributed by atoms with van der Waals surface area (Å²) in [6.45, 7) is 1.81. The van der Waals surface area contributed by atoms with Crippen LogP contribution in [0.25, 0.3) is 0 Å². The lowest BCUT2D eigenvalue weighted by Gasteiger charge is -2.10. The first kappa shape index (κ1) is 14.0. The molecule has 104 valence electrons. The number of carbonyl (C=O) groups excluding carboxylic acids is 1. The number of halogens is 2. The number of benzene rings is 2. The van der Waals surface area contributed by atoms with Gasteiger partial charge in [-0.1, -0.05) is 11.6 Å². The second-order valence-electron chi connectivity index (χ2n) is 4.39. The number of nitrogens with two attached hydrogens (primary N) is 1. The Bertz CT molecular complexity index is 684. The predicted octanol–water partition coefficient (Wildman–Crippen LogP) is 3.10. The Kier molecular flexibility index (Phi) is 3.70. The Morgan fingerprint density at radius 3 is 2.40 bits per heavy atom. The molecule has 0 aromatic heterocycles. The summed E-state index contributed by atoms with van der Waals surface area (Å²) in [6, 6.07) is 6.63. The van der Waals surface area contributed by atoms with Gasteiger partial charge in [0.2, 0.25) is 0 Å². The lowest BCUT2D eigenvalue weighted by molar-refractivity contribution is 0.103. The van der Waals surface area contributed by atoms with Gasteiger partial charge in [0.15, 0.2) is 17.4 Å². The molecule has 0 aliphatic rings. The molecule has 0 bridgehead atoms. The molecule has 0 amide bonds. The smallest absolute Gasteiger partial charge is 0.198 e. The van der Waals surface area contributed by atoms with E-state index in [1.807, 2.05) is 6.92 Å². The fourth-order valence-electron chi connectivity index (χ4n) is 1.90. The summed E-state index contributed by atoms with van der Waals surface area (Å²) < 4.78 is 31.4. The highest BCUT2D eigenvalue weighted by atomic mass is 19.2. The van der Waals surface area contributed by atoms with Crippen molar-refractivity contribution < 1.29 is 18.3 Å². The van der Waals surface area contributed by atoms with Gasteiger partial charge in [0.25, 0.3) is 0 Å². The Morgan fingerprint density at radius 1 is 1.10 bits per heavy atom. The van der Waals surface area contributed by atoms with Crippen LogP contribution in [-0.4, -0.2) is 12.9 Å². The normalized spacial score (nSPS) is 10.4. The van der Waals surface area contributed by atoms with Gasteiger partial charge in [-0.25, -0.2) is 8.78 Å². The summed E-state index contributed by atoms with van der Waals surface area (Å²) in [6.07, 6.45) is 0. The molecule has 0 heterocycles. The standard InChI is InChI=1S/C15H13F2NO2/c1-8-3-4-14(20-2)10(5-8)15(19)9-6-11(16)12(17)7-13(9)18/h3-7H,18H2,1-2H3. The van der Waals surface area contributed by atoms with Crippen LogP contribution in [0.3, 0.4) is 0 Å². The predicted molar refractivity (Wildman–Crippen MR) is 71.9 cm³/mol. The molecule has 2 rings (SSSR count). The fourth-order valence-corrected chi connectivity index (χ4v) is 1.90. The van der Waals surface area contributed by atoms with Crippen LogP contribution in [0.4, 0.5) is 14.5 Å². The topological polar surface area (TPSA) is 52.3 Å². The number of carbonyl (C=O) groups is 1. The molecular weight excluding hydrogens is 264 g/mol. The van der Waals surface area contributed by atoms with Gasteiger partial charge in [0.05, 0.1) is 12.7 Å². The van der Waals surface area contributed by atoms with E-state index < -0.39 is 17.4 Å². The summed E-state index contributed by atoms with van der Waals surface area (Å²) in [5.41, 5.74) is 6.48. The number of hydrogen-bond acceptors (Lipinski definition) is 3. The molecule has 0 saturated heterocycles. The number of anilines is 1. The second kappa shape index (κ2) is 5.28. The third kappa shape index (κ3) is 2.47. The molecule has 0 atom stereocenters. The van der Waals surface area contributed by atoms with E-state index >= 15 is 0 Å². The highest BCUT2D eigenvalue weighted by Gasteiger charge is 2.19. The highest BCUT2D eigenvalue weighted by Crippen LogP contribution is 2.26. The zero-order chi connectivity index (χ0) is 14.9. The average Bonchev–Trinajstić information content (AvgIpc) is 2.42. The molecule has 2 N–H and O–H groups in total. The zero-order valence-corrected chi connectivity index (χ0v) is 11.0. The van der Waals surface area contributed by atoms with Crippen molar-refractivity contribution in [2.45, 2.75) is 6.92 Å². The SMILES string of the molecule is COc1ccc(C)cc1C(=O)c1cc(F)c(F)cc1N. The van der Waals surface area contributed by atoms with Gasteiger partial charge in [0.1, 0.15) is 5.75 Å². The monoisotopic (exact) mass is 277 g/mol. The largest absolute Gasteiger partial charge is 0.496 e. The van der Waals surface area contributed by atoms with E-state index in [1.165, 1.54) is 7.11 Å². The number of aryl methyl sites for hydroxylation is 1. The van der Waals surface area contributed by atoms with Gasteiger partial charge in [0, 0.05) is 17.3 Å². The molecule has 0 fully saturated rings. The van der Waals surface area contributed by atoms with Crippen LogP contribution in [0.5, 0.6) is 5.75 Å². The fraction of sp³-hybridized carbons (Fsp3) is 0.133. The Labute approximate surface area is 115 Å². The third-order valence-electron chi connectivity index (χ3n) is 2.94. The average molecular weight is 277 g/mol. The number of ether oxygens (including phenoxy) is 1. The van der Waals surface area contributed by atoms with E-state index in [0.717, 1.165) is 17.7 Å². The number of nitrogen functional groups attached to an aromatic ring is 1. The van der Waals surface area contributed by atoms with Crippen molar-refractivity contribution in [2.24, 2.45) is 0 Å². The van der Waals surface area contributed by atoms with Crippen LogP contribution in [0.2, 0.25) is 0 Å². The van der Waals surface area contributed by atoms with Crippen molar-refractivity contribution in [3.63, 3.8) is 0 Å². The molecule has 0 aliphatic heterocycles. The lowest BCUT2D eigenvalue weighted by atomic mass is 9.99. The van der Waals surface area contributed by atoms with Crippen LogP contribution in [0.1, 0.15) is 21.5 Å². The summed E-state index contributed by atoms with van der Waals surface area (Å²) in [4.78, 5) is 12.4. The van der Waals surface area contributed by atoms with Crippen LogP contribution in [0.15, 0.2) is 30.3 Å². The molecule has 2 aromatic rings. The summed E-state index contributed by atoms with van der Waals surface area (Å²) in [7, 11) is 1.43. The molecular formula is C15H13F2NO2. The molecule has 0 unspecified atom stereocenters. The van der Waals surface area contributed by atoms with Crippen molar-refractivity contribution in [3.8, 4) is 5.75 Å². The Balaban J connectivity index is 2.57. The minimum absolute atomic E-state index is 0.0900. The molecule has 0 spiro atoms. The Morgan fingerprint density at radius 2 is 1.75 bits per heavy atom. The van der Waals surface area contributed by atoms with E-state index in [-0.39, 0.29) is 16.8 Å². The zero-order valence-electron chi connectivity index (χ0n) is 11.0. The molecule has 2 aromatic carbocycles. The van der Waals surface area contributed by atoms with Gasteiger partial charge in [-0.15, -0.1) is 0 Å². The minimum Gasteiger partial charge on any atom is -0.496 e. The number of hydrogen-bond donors (Lipinski definition) is 1. The van der Waals surface area contributed by atoms with Gasteiger partial charge >= 0.3 is 0 Å². The molecule has 0 saturated carbocycles. The lowest BCUT2D eigenvalue weighted by Crippen LogP contribution is -2.09. The minimum atomic E-state index is -1.12. The van der Waals surface area contributed by atoms with Crippen LogP contribution >= 0.6 is 0 Å². The van der Waals surface area contributed by atoms with Crippen LogP contribution < -0.4 is 10.5 Å². The van der Waals surface area contributed by atoms with Gasteiger partial charge in [-0.3, -0.25) is 4.79 Å². The number of methoxy groups -OCH3 is 1. The maximum atomic E-state index is 13.3. The third-order valence-corrected chi connectivity index (χ3v) is 2.94. The van der Waals surface area contributed by atoms with Gasteiger partial charge in [-0.2, -0.15) is 0 Å². The van der Waals surface area contributed by atoms with Crippen molar-refractivity contribution in [1.82, 2.24) is 0 Å². The molecule has 0 aliphatic carbocycles. The molecule has 20 heavy (non-hydrogen) atoms. The molecule has 3 nitrogen and oxygen atoms in total. The number of rotatable bonds is 3. The summed E-state index contributed by atoms with van der Waals surface area (Å²) in [5.74, 6) is -2.36. The van der Waals surface area contributed by atoms with Crippen molar-refractivity contribution in [1.29, 1.82) is 0 Å². The van der Waals surface area contributed by atoms with E-state index in [4.69, 9.17) is 10.5 Å². The first-order valence-corrected chi connectivity index (χ1v) is 5.88. The summed E-state index contributed by atoms with van der Waals surface area (Å²) in [5, 5.41) is 0. The molecule has 5 heteroatoms. The van der Waals surface area contributed by atoms with Crippen LogP contribution in [-0.2, 0) is 0 Å². The van der Waals surface area contributed by atoms with E-state index in [1.54, 1.807) is 18.2 Å². The van der Waals surface area contributed by atoms with E-state index in [9.17, 15) is 13.6 Å².